The van der Waals surface area contributed by atoms with Crippen molar-refractivity contribution in [2.75, 3.05) is 7.11 Å². The van der Waals surface area contributed by atoms with Gasteiger partial charge in [-0.25, -0.2) is 4.79 Å². The molecular formula is C18H17NO4. The lowest BCUT2D eigenvalue weighted by molar-refractivity contribution is -0.152. The number of nitrogens with zero attached hydrogens (tertiary/aromatic N) is 1. The molecule has 1 aliphatic heterocycles. The van der Waals surface area contributed by atoms with Crippen molar-refractivity contribution in [3.63, 3.8) is 0 Å². The Bertz CT molecular complexity index is 695. The average molecular weight is 311 g/mol. The second kappa shape index (κ2) is 6.96. The molecule has 0 saturated heterocycles. The van der Waals surface area contributed by atoms with Gasteiger partial charge in [0.2, 0.25) is 6.10 Å². The lowest BCUT2D eigenvalue weighted by atomic mass is 10.1. The summed E-state index contributed by atoms with van der Waals surface area (Å²) in [5, 5.41) is 3.95. The molecule has 0 bridgehead atoms. The second-order valence-corrected chi connectivity index (χ2v) is 5.16. The number of carbonyl (C=O) groups excluding carboxylic acids is 1. The summed E-state index contributed by atoms with van der Waals surface area (Å²) in [5.74, 6) is 0.369. The monoisotopic (exact) mass is 311 g/mol. The molecule has 3 rings (SSSR count). The van der Waals surface area contributed by atoms with E-state index in [1.807, 2.05) is 54.6 Å². The molecule has 23 heavy (non-hydrogen) atoms. The van der Waals surface area contributed by atoms with E-state index in [4.69, 9.17) is 9.57 Å². The Morgan fingerprint density at radius 2 is 1.91 bits per heavy atom. The Balaban J connectivity index is 1.58. The van der Waals surface area contributed by atoms with Crippen LogP contribution in [0.15, 0.2) is 59.8 Å². The Kier molecular flexibility index (Phi) is 4.57. The van der Waals surface area contributed by atoms with Crippen LogP contribution < -0.4 is 4.74 Å². The third kappa shape index (κ3) is 3.69. The van der Waals surface area contributed by atoms with Gasteiger partial charge in [0.25, 0.3) is 0 Å². The number of carbonyl (C=O) groups is 1. The highest BCUT2D eigenvalue weighted by atomic mass is 16.7. The third-order valence-electron chi connectivity index (χ3n) is 3.57. The summed E-state index contributed by atoms with van der Waals surface area (Å²) in [6.45, 7) is 0.522. The summed E-state index contributed by atoms with van der Waals surface area (Å²) in [7, 11) is 1.34. The molecule has 2 aromatic rings. The van der Waals surface area contributed by atoms with Crippen LogP contribution >= 0.6 is 0 Å². The molecule has 0 amide bonds. The van der Waals surface area contributed by atoms with Crippen LogP contribution in [0.5, 0.6) is 5.75 Å². The van der Waals surface area contributed by atoms with Gasteiger partial charge in [-0.1, -0.05) is 35.5 Å². The number of ether oxygens (including phenoxy) is 2. The van der Waals surface area contributed by atoms with Crippen molar-refractivity contribution < 1.29 is 19.1 Å². The van der Waals surface area contributed by atoms with Gasteiger partial charge >= 0.3 is 5.97 Å². The predicted molar refractivity (Wildman–Crippen MR) is 85.3 cm³/mol. The van der Waals surface area contributed by atoms with Crippen molar-refractivity contribution in [2.24, 2.45) is 5.16 Å². The van der Waals surface area contributed by atoms with E-state index in [0.717, 1.165) is 22.6 Å². The zero-order valence-electron chi connectivity index (χ0n) is 12.8. The van der Waals surface area contributed by atoms with E-state index in [0.29, 0.717) is 13.0 Å². The maximum atomic E-state index is 11.4. The summed E-state index contributed by atoms with van der Waals surface area (Å²) in [4.78, 5) is 16.5. The lowest BCUT2D eigenvalue weighted by Crippen LogP contribution is -2.22. The smallest absolute Gasteiger partial charge is 0.350 e. The molecule has 1 atom stereocenters. The SMILES string of the molecule is COC(=O)C1CC(c2ccc(OCc3ccccc3)cc2)=NO1. The van der Waals surface area contributed by atoms with Crippen LogP contribution in [-0.4, -0.2) is 24.9 Å². The van der Waals surface area contributed by atoms with Crippen LogP contribution in [0.4, 0.5) is 0 Å². The molecule has 118 valence electrons. The van der Waals surface area contributed by atoms with Crippen molar-refractivity contribution in [1.82, 2.24) is 0 Å². The number of hydrogen-bond donors (Lipinski definition) is 0. The Hall–Kier alpha value is -2.82. The van der Waals surface area contributed by atoms with E-state index < -0.39 is 12.1 Å². The standard InChI is InChI=1S/C18H17NO4/c1-21-18(20)17-11-16(19-23-17)14-7-9-15(10-8-14)22-12-13-5-3-2-4-6-13/h2-10,17H,11-12H2,1H3. The van der Waals surface area contributed by atoms with Gasteiger partial charge in [0.1, 0.15) is 12.4 Å². The van der Waals surface area contributed by atoms with E-state index >= 15 is 0 Å². The van der Waals surface area contributed by atoms with Crippen LogP contribution in [0.1, 0.15) is 17.5 Å². The zero-order valence-corrected chi connectivity index (χ0v) is 12.8. The number of hydrogen-bond acceptors (Lipinski definition) is 5. The van der Waals surface area contributed by atoms with Crippen molar-refractivity contribution in [3.8, 4) is 5.75 Å². The highest BCUT2D eigenvalue weighted by Crippen LogP contribution is 2.20. The molecule has 0 spiro atoms. The van der Waals surface area contributed by atoms with E-state index in [1.54, 1.807) is 0 Å². The molecule has 0 aromatic heterocycles. The van der Waals surface area contributed by atoms with E-state index in [1.165, 1.54) is 7.11 Å². The molecular weight excluding hydrogens is 294 g/mol. The second-order valence-electron chi connectivity index (χ2n) is 5.16. The van der Waals surface area contributed by atoms with Crippen LogP contribution in [0.2, 0.25) is 0 Å². The van der Waals surface area contributed by atoms with Gasteiger partial charge in [0.05, 0.1) is 12.8 Å². The number of methoxy groups -OCH3 is 1. The van der Waals surface area contributed by atoms with Crippen molar-refractivity contribution in [1.29, 1.82) is 0 Å². The maximum Gasteiger partial charge on any atom is 0.350 e. The third-order valence-corrected chi connectivity index (χ3v) is 3.57. The fourth-order valence-corrected chi connectivity index (χ4v) is 2.29. The highest BCUT2D eigenvalue weighted by molar-refractivity contribution is 6.03. The largest absolute Gasteiger partial charge is 0.489 e. The number of esters is 1. The highest BCUT2D eigenvalue weighted by Gasteiger charge is 2.29. The summed E-state index contributed by atoms with van der Waals surface area (Å²) in [6, 6.07) is 17.6. The van der Waals surface area contributed by atoms with E-state index in [9.17, 15) is 4.79 Å². The van der Waals surface area contributed by atoms with Crippen molar-refractivity contribution >= 4 is 11.7 Å². The minimum absolute atomic E-state index is 0.411. The van der Waals surface area contributed by atoms with E-state index in [-0.39, 0.29) is 0 Å². The summed E-state index contributed by atoms with van der Waals surface area (Å²) < 4.78 is 10.4. The minimum atomic E-state index is -0.649. The van der Waals surface area contributed by atoms with Gasteiger partial charge in [-0.3, -0.25) is 0 Å². The normalized spacial score (nSPS) is 16.4. The molecule has 0 fully saturated rings. The quantitative estimate of drug-likeness (QED) is 0.797. The van der Waals surface area contributed by atoms with Crippen molar-refractivity contribution in [2.45, 2.75) is 19.1 Å². The van der Waals surface area contributed by atoms with Gasteiger partial charge < -0.3 is 14.3 Å². The molecule has 0 radical (unpaired) electrons. The average Bonchev–Trinajstić information content (AvgIpc) is 3.11. The number of benzene rings is 2. The number of rotatable bonds is 5. The Labute approximate surface area is 134 Å². The first-order chi connectivity index (χ1) is 11.3. The van der Waals surface area contributed by atoms with Crippen molar-refractivity contribution in [3.05, 3.63) is 65.7 Å². The molecule has 2 aromatic carbocycles. The van der Waals surface area contributed by atoms with Gasteiger partial charge in [-0.15, -0.1) is 0 Å². The first kappa shape index (κ1) is 15.1. The van der Waals surface area contributed by atoms with E-state index in [2.05, 4.69) is 9.89 Å². The first-order valence-electron chi connectivity index (χ1n) is 7.34. The molecule has 1 heterocycles. The Morgan fingerprint density at radius 1 is 1.17 bits per heavy atom. The summed E-state index contributed by atoms with van der Waals surface area (Å²) in [6.07, 6.45) is -0.235. The maximum absolute atomic E-state index is 11.4. The number of oxime groups is 1. The topological polar surface area (TPSA) is 57.1 Å². The molecule has 0 N–H and O–H groups in total. The first-order valence-corrected chi connectivity index (χ1v) is 7.34. The molecule has 5 nitrogen and oxygen atoms in total. The fourth-order valence-electron chi connectivity index (χ4n) is 2.29. The van der Waals surface area contributed by atoms with Crippen LogP contribution in [-0.2, 0) is 21.0 Å². The van der Waals surface area contributed by atoms with Crippen LogP contribution in [0.3, 0.4) is 0 Å². The Morgan fingerprint density at radius 3 is 2.61 bits per heavy atom. The fraction of sp³-hybridized carbons (Fsp3) is 0.222. The van der Waals surface area contributed by atoms with Gasteiger partial charge in [-0.05, 0) is 35.4 Å². The van der Waals surface area contributed by atoms with Gasteiger partial charge in [0.15, 0.2) is 0 Å². The molecule has 1 aliphatic rings. The molecule has 0 saturated carbocycles. The molecule has 0 aliphatic carbocycles. The molecule has 1 unspecified atom stereocenters. The van der Waals surface area contributed by atoms with Gasteiger partial charge in [-0.2, -0.15) is 0 Å². The lowest BCUT2D eigenvalue weighted by Gasteiger charge is -2.07. The molecule has 5 heteroatoms. The van der Waals surface area contributed by atoms with Crippen LogP contribution in [0.25, 0.3) is 0 Å². The van der Waals surface area contributed by atoms with Crippen LogP contribution in [0, 0.1) is 0 Å². The summed E-state index contributed by atoms with van der Waals surface area (Å²) >= 11 is 0. The zero-order chi connectivity index (χ0) is 16.1. The predicted octanol–water partition coefficient (Wildman–Crippen LogP) is 2.93. The van der Waals surface area contributed by atoms with Gasteiger partial charge in [0, 0.05) is 6.42 Å². The minimum Gasteiger partial charge on any atom is -0.489 e. The summed E-state index contributed by atoms with van der Waals surface area (Å²) in [5.41, 5.74) is 2.75.